The van der Waals surface area contributed by atoms with Crippen molar-refractivity contribution in [1.82, 2.24) is 0 Å². The fourth-order valence-electron chi connectivity index (χ4n) is 1.32. The van der Waals surface area contributed by atoms with E-state index >= 15 is 0 Å². The normalized spacial score (nSPS) is 36.9. The molecule has 1 heterocycles. The first-order valence-corrected chi connectivity index (χ1v) is 3.92. The summed E-state index contributed by atoms with van der Waals surface area (Å²) in [6.07, 6.45) is -0.787. The van der Waals surface area contributed by atoms with Gasteiger partial charge in [0.1, 0.15) is 0 Å². The Morgan fingerprint density at radius 1 is 1.42 bits per heavy atom. The number of rotatable bonds is 2. The summed E-state index contributed by atoms with van der Waals surface area (Å²) in [6.45, 7) is 1.84. The Labute approximate surface area is 71.8 Å². The molecule has 0 aromatic heterocycles. The zero-order valence-electron chi connectivity index (χ0n) is 7.57. The molecule has 0 amide bonds. The standard InChI is InChI=1S/C8H14O4/c1-5-4-6(9)7(10-2)8(11-3)12-5/h5,7-8H,4H2,1-3H3/t5-,7-,8-/m1/s1. The molecule has 0 radical (unpaired) electrons. The summed E-state index contributed by atoms with van der Waals surface area (Å²) in [5.74, 6) is 0.0445. The van der Waals surface area contributed by atoms with E-state index < -0.39 is 12.4 Å². The van der Waals surface area contributed by atoms with E-state index in [1.807, 2.05) is 6.92 Å². The molecule has 1 aliphatic rings. The average molecular weight is 174 g/mol. The van der Waals surface area contributed by atoms with Gasteiger partial charge in [0.25, 0.3) is 0 Å². The summed E-state index contributed by atoms with van der Waals surface area (Å²) in [5, 5.41) is 0. The SMILES string of the molecule is CO[C@@H]1O[C@H](C)CC(=O)[C@H]1OC. The number of Topliss-reactive ketones (excluding diaryl/α,β-unsaturated/α-hetero) is 1. The lowest BCUT2D eigenvalue weighted by molar-refractivity contribution is -0.224. The summed E-state index contributed by atoms with van der Waals surface area (Å²) in [6, 6.07) is 0. The molecule has 12 heavy (non-hydrogen) atoms. The summed E-state index contributed by atoms with van der Waals surface area (Å²) in [4.78, 5) is 11.3. The first-order chi connectivity index (χ1) is 5.69. The highest BCUT2D eigenvalue weighted by atomic mass is 16.7. The van der Waals surface area contributed by atoms with Crippen molar-refractivity contribution in [2.75, 3.05) is 14.2 Å². The molecular formula is C8H14O4. The fraction of sp³-hybridized carbons (Fsp3) is 0.875. The molecule has 1 fully saturated rings. The molecule has 1 rings (SSSR count). The third-order valence-electron chi connectivity index (χ3n) is 1.91. The van der Waals surface area contributed by atoms with Crippen LogP contribution in [0.15, 0.2) is 0 Å². The number of carbonyl (C=O) groups is 1. The van der Waals surface area contributed by atoms with E-state index in [2.05, 4.69) is 0 Å². The molecule has 4 nitrogen and oxygen atoms in total. The van der Waals surface area contributed by atoms with Gasteiger partial charge in [0.2, 0.25) is 0 Å². The van der Waals surface area contributed by atoms with Gasteiger partial charge in [-0.2, -0.15) is 0 Å². The first-order valence-electron chi connectivity index (χ1n) is 3.92. The zero-order chi connectivity index (χ0) is 9.14. The Morgan fingerprint density at radius 3 is 2.58 bits per heavy atom. The van der Waals surface area contributed by atoms with E-state index in [1.54, 1.807) is 0 Å². The van der Waals surface area contributed by atoms with Crippen LogP contribution in [0.5, 0.6) is 0 Å². The first kappa shape index (κ1) is 9.64. The average Bonchev–Trinajstić information content (AvgIpc) is 2.03. The number of ether oxygens (including phenoxy) is 3. The number of ketones is 1. The maximum absolute atomic E-state index is 11.3. The molecule has 4 heteroatoms. The maximum Gasteiger partial charge on any atom is 0.190 e. The molecule has 3 atom stereocenters. The van der Waals surface area contributed by atoms with Crippen LogP contribution in [0.25, 0.3) is 0 Å². The molecular weight excluding hydrogens is 160 g/mol. The lowest BCUT2D eigenvalue weighted by atomic mass is 10.1. The van der Waals surface area contributed by atoms with Gasteiger partial charge in [0.15, 0.2) is 18.2 Å². The van der Waals surface area contributed by atoms with E-state index in [1.165, 1.54) is 14.2 Å². The molecule has 0 aromatic carbocycles. The van der Waals surface area contributed by atoms with Crippen molar-refractivity contribution in [3.63, 3.8) is 0 Å². The highest BCUT2D eigenvalue weighted by Crippen LogP contribution is 2.18. The Balaban J connectivity index is 2.63. The molecule has 0 unspecified atom stereocenters. The predicted octanol–water partition coefficient (Wildman–Crippen LogP) is 0.352. The van der Waals surface area contributed by atoms with Gasteiger partial charge in [0.05, 0.1) is 6.10 Å². The zero-order valence-corrected chi connectivity index (χ0v) is 7.57. The van der Waals surface area contributed by atoms with Crippen LogP contribution in [-0.4, -0.2) is 38.5 Å². The summed E-state index contributed by atoms with van der Waals surface area (Å²) in [5.41, 5.74) is 0. The van der Waals surface area contributed by atoms with Gasteiger partial charge in [-0.1, -0.05) is 0 Å². The van der Waals surface area contributed by atoms with Crippen molar-refractivity contribution in [2.45, 2.75) is 31.8 Å². The van der Waals surface area contributed by atoms with Crippen molar-refractivity contribution in [2.24, 2.45) is 0 Å². The lowest BCUT2D eigenvalue weighted by Gasteiger charge is -2.31. The van der Waals surface area contributed by atoms with Gasteiger partial charge in [-0.05, 0) is 6.92 Å². The van der Waals surface area contributed by atoms with E-state index in [9.17, 15) is 4.79 Å². The van der Waals surface area contributed by atoms with Crippen molar-refractivity contribution >= 4 is 5.78 Å². The van der Waals surface area contributed by atoms with Gasteiger partial charge in [0, 0.05) is 20.6 Å². The van der Waals surface area contributed by atoms with E-state index in [4.69, 9.17) is 14.2 Å². The molecule has 1 saturated heterocycles. The molecule has 0 bridgehead atoms. The van der Waals surface area contributed by atoms with Gasteiger partial charge >= 0.3 is 0 Å². The van der Waals surface area contributed by atoms with Crippen LogP contribution in [0.1, 0.15) is 13.3 Å². The smallest absolute Gasteiger partial charge is 0.190 e. The van der Waals surface area contributed by atoms with Crippen LogP contribution < -0.4 is 0 Å². The van der Waals surface area contributed by atoms with E-state index in [0.29, 0.717) is 6.42 Å². The van der Waals surface area contributed by atoms with Crippen molar-refractivity contribution in [1.29, 1.82) is 0 Å². The monoisotopic (exact) mass is 174 g/mol. The molecule has 0 aromatic rings. The third kappa shape index (κ3) is 1.83. The van der Waals surface area contributed by atoms with Crippen LogP contribution in [-0.2, 0) is 19.0 Å². The second kappa shape index (κ2) is 3.98. The van der Waals surface area contributed by atoms with Crippen LogP contribution in [0.4, 0.5) is 0 Å². The van der Waals surface area contributed by atoms with Gasteiger partial charge in [-0.25, -0.2) is 0 Å². The number of hydrogen-bond donors (Lipinski definition) is 0. The third-order valence-corrected chi connectivity index (χ3v) is 1.91. The number of carbonyl (C=O) groups excluding carboxylic acids is 1. The largest absolute Gasteiger partial charge is 0.368 e. The highest BCUT2D eigenvalue weighted by molar-refractivity contribution is 5.84. The number of hydrogen-bond acceptors (Lipinski definition) is 4. The predicted molar refractivity (Wildman–Crippen MR) is 41.8 cm³/mol. The maximum atomic E-state index is 11.3. The van der Waals surface area contributed by atoms with Crippen LogP contribution in [0.3, 0.4) is 0 Å². The Kier molecular flexibility index (Phi) is 3.20. The van der Waals surface area contributed by atoms with Crippen LogP contribution in [0, 0.1) is 0 Å². The minimum atomic E-state index is -0.564. The molecule has 70 valence electrons. The second-order valence-electron chi connectivity index (χ2n) is 2.88. The molecule has 0 N–H and O–H groups in total. The second-order valence-corrected chi connectivity index (χ2v) is 2.88. The lowest BCUT2D eigenvalue weighted by Crippen LogP contribution is -2.46. The molecule has 0 spiro atoms. The minimum Gasteiger partial charge on any atom is -0.368 e. The van der Waals surface area contributed by atoms with Gasteiger partial charge in [-0.15, -0.1) is 0 Å². The highest BCUT2D eigenvalue weighted by Gasteiger charge is 2.36. The Hall–Kier alpha value is -0.450. The van der Waals surface area contributed by atoms with Gasteiger partial charge in [-0.3, -0.25) is 4.79 Å². The van der Waals surface area contributed by atoms with Crippen LogP contribution in [0.2, 0.25) is 0 Å². The molecule has 0 aliphatic carbocycles. The molecule has 0 saturated carbocycles. The van der Waals surface area contributed by atoms with Gasteiger partial charge < -0.3 is 14.2 Å². The minimum absolute atomic E-state index is 0.0445. The quantitative estimate of drug-likeness (QED) is 0.606. The topological polar surface area (TPSA) is 44.8 Å². The van der Waals surface area contributed by atoms with Crippen molar-refractivity contribution < 1.29 is 19.0 Å². The van der Waals surface area contributed by atoms with Crippen molar-refractivity contribution in [3.05, 3.63) is 0 Å². The Bertz CT molecular complexity index is 168. The summed E-state index contributed by atoms with van der Waals surface area (Å²) in [7, 11) is 2.98. The van der Waals surface area contributed by atoms with Crippen molar-refractivity contribution in [3.8, 4) is 0 Å². The Morgan fingerprint density at radius 2 is 2.08 bits per heavy atom. The number of methoxy groups -OCH3 is 2. The summed E-state index contributed by atoms with van der Waals surface area (Å²) < 4.78 is 15.3. The van der Waals surface area contributed by atoms with E-state index in [-0.39, 0.29) is 11.9 Å². The summed E-state index contributed by atoms with van der Waals surface area (Å²) >= 11 is 0. The van der Waals surface area contributed by atoms with E-state index in [0.717, 1.165) is 0 Å². The molecule has 1 aliphatic heterocycles. The van der Waals surface area contributed by atoms with Crippen LogP contribution >= 0.6 is 0 Å². The fourth-order valence-corrected chi connectivity index (χ4v) is 1.32.